The molecule has 1 aliphatic rings. The number of halogens is 2. The molecule has 0 bridgehead atoms. The first kappa shape index (κ1) is 16.0. The van der Waals surface area contributed by atoms with Crippen LogP contribution in [-0.2, 0) is 0 Å². The summed E-state index contributed by atoms with van der Waals surface area (Å²) in [7, 11) is 0. The summed E-state index contributed by atoms with van der Waals surface area (Å²) in [6, 6.07) is 2.41. The van der Waals surface area contributed by atoms with Crippen LogP contribution in [-0.4, -0.2) is 48.6 Å². The molecule has 0 spiro atoms. The lowest BCUT2D eigenvalue weighted by molar-refractivity contribution is 0.179. The Labute approximate surface area is 134 Å². The SMILES string of the molecule is CCCC(CN)N1CCN(c2ncc(Br)cc2Cl)CC1. The van der Waals surface area contributed by atoms with E-state index in [4.69, 9.17) is 17.3 Å². The number of nitrogens with zero attached hydrogens (tertiary/aromatic N) is 3. The molecule has 1 aromatic heterocycles. The molecule has 0 aromatic carbocycles. The highest BCUT2D eigenvalue weighted by atomic mass is 79.9. The van der Waals surface area contributed by atoms with Crippen LogP contribution in [0.15, 0.2) is 16.7 Å². The molecule has 1 saturated heterocycles. The van der Waals surface area contributed by atoms with Gasteiger partial charge in [0.1, 0.15) is 5.82 Å². The normalized spacial score (nSPS) is 18.3. The smallest absolute Gasteiger partial charge is 0.147 e. The summed E-state index contributed by atoms with van der Waals surface area (Å²) < 4.78 is 0.913. The van der Waals surface area contributed by atoms with Crippen molar-refractivity contribution in [2.24, 2.45) is 5.73 Å². The third-order valence-electron chi connectivity index (χ3n) is 3.81. The number of anilines is 1. The first-order valence-electron chi connectivity index (χ1n) is 7.15. The summed E-state index contributed by atoms with van der Waals surface area (Å²) in [6.07, 6.45) is 4.16. The molecule has 1 aliphatic heterocycles. The molecule has 4 nitrogen and oxygen atoms in total. The number of hydrogen-bond acceptors (Lipinski definition) is 4. The summed E-state index contributed by atoms with van der Waals surface area (Å²) in [5, 5.41) is 0.705. The maximum Gasteiger partial charge on any atom is 0.147 e. The van der Waals surface area contributed by atoms with Crippen molar-refractivity contribution in [2.75, 3.05) is 37.6 Å². The molecule has 0 amide bonds. The van der Waals surface area contributed by atoms with Gasteiger partial charge in [0.2, 0.25) is 0 Å². The van der Waals surface area contributed by atoms with E-state index >= 15 is 0 Å². The molecule has 1 atom stereocenters. The molecule has 2 rings (SSSR count). The zero-order valence-electron chi connectivity index (χ0n) is 11.9. The van der Waals surface area contributed by atoms with E-state index in [9.17, 15) is 0 Å². The minimum absolute atomic E-state index is 0.510. The van der Waals surface area contributed by atoms with E-state index in [1.165, 1.54) is 12.8 Å². The van der Waals surface area contributed by atoms with Crippen LogP contribution in [0.25, 0.3) is 0 Å². The Kier molecular flexibility index (Phi) is 6.08. The number of nitrogens with two attached hydrogens (primary N) is 1. The molecule has 0 radical (unpaired) electrons. The van der Waals surface area contributed by atoms with Gasteiger partial charge in [-0.1, -0.05) is 24.9 Å². The number of pyridine rings is 1. The van der Waals surface area contributed by atoms with Crippen molar-refractivity contribution in [3.05, 3.63) is 21.8 Å². The van der Waals surface area contributed by atoms with Crippen LogP contribution in [0.5, 0.6) is 0 Å². The van der Waals surface area contributed by atoms with Crippen molar-refractivity contribution in [2.45, 2.75) is 25.8 Å². The zero-order valence-corrected chi connectivity index (χ0v) is 14.2. The van der Waals surface area contributed by atoms with E-state index in [1.54, 1.807) is 6.20 Å². The predicted molar refractivity (Wildman–Crippen MR) is 88.5 cm³/mol. The second kappa shape index (κ2) is 7.59. The molecule has 0 aliphatic carbocycles. The molecule has 1 aromatic rings. The maximum absolute atomic E-state index is 6.27. The van der Waals surface area contributed by atoms with Crippen molar-refractivity contribution < 1.29 is 0 Å². The largest absolute Gasteiger partial charge is 0.353 e. The van der Waals surface area contributed by atoms with E-state index in [2.05, 4.69) is 37.6 Å². The summed E-state index contributed by atoms with van der Waals surface area (Å²) >= 11 is 9.66. The lowest BCUT2D eigenvalue weighted by atomic mass is 10.1. The first-order valence-corrected chi connectivity index (χ1v) is 8.33. The first-order chi connectivity index (χ1) is 9.65. The van der Waals surface area contributed by atoms with E-state index < -0.39 is 0 Å². The standard InChI is InChI=1S/C14H22BrClN4/c1-2-3-12(9-17)19-4-6-20(7-5-19)14-13(16)8-11(15)10-18-14/h8,10,12H,2-7,9,17H2,1H3. The van der Waals surface area contributed by atoms with Crippen molar-refractivity contribution in [1.82, 2.24) is 9.88 Å². The number of rotatable bonds is 5. The van der Waals surface area contributed by atoms with Crippen molar-refractivity contribution in [1.29, 1.82) is 0 Å². The molecular weight excluding hydrogens is 340 g/mol. The van der Waals surface area contributed by atoms with Gasteiger partial charge in [-0.3, -0.25) is 4.90 Å². The monoisotopic (exact) mass is 360 g/mol. The van der Waals surface area contributed by atoms with Gasteiger partial charge in [-0.2, -0.15) is 0 Å². The summed E-state index contributed by atoms with van der Waals surface area (Å²) in [5.74, 6) is 0.884. The third kappa shape index (κ3) is 3.85. The van der Waals surface area contributed by atoms with E-state index in [0.717, 1.165) is 43.0 Å². The number of piperazine rings is 1. The fourth-order valence-electron chi connectivity index (χ4n) is 2.72. The Morgan fingerprint density at radius 1 is 1.40 bits per heavy atom. The minimum Gasteiger partial charge on any atom is -0.353 e. The third-order valence-corrected chi connectivity index (χ3v) is 4.52. The van der Waals surface area contributed by atoms with E-state index in [1.807, 2.05) is 6.07 Å². The van der Waals surface area contributed by atoms with Gasteiger partial charge in [0.15, 0.2) is 0 Å². The molecule has 2 N–H and O–H groups in total. The number of hydrogen-bond donors (Lipinski definition) is 1. The Hall–Kier alpha value is -0.360. The second-order valence-electron chi connectivity index (χ2n) is 5.16. The highest BCUT2D eigenvalue weighted by molar-refractivity contribution is 9.10. The highest BCUT2D eigenvalue weighted by Gasteiger charge is 2.24. The molecule has 112 valence electrons. The Balaban J connectivity index is 1.97. The van der Waals surface area contributed by atoms with Crippen molar-refractivity contribution >= 4 is 33.3 Å². The van der Waals surface area contributed by atoms with Crippen LogP contribution in [0.4, 0.5) is 5.82 Å². The predicted octanol–water partition coefficient (Wildman–Crippen LogP) is 2.75. The van der Waals surface area contributed by atoms with Gasteiger partial charge in [0, 0.05) is 49.4 Å². The topological polar surface area (TPSA) is 45.4 Å². The van der Waals surface area contributed by atoms with Crippen LogP contribution in [0.3, 0.4) is 0 Å². The van der Waals surface area contributed by atoms with Gasteiger partial charge in [-0.05, 0) is 28.4 Å². The van der Waals surface area contributed by atoms with Gasteiger partial charge in [-0.25, -0.2) is 4.98 Å². The summed E-state index contributed by atoms with van der Waals surface area (Å²) in [4.78, 5) is 9.18. The van der Waals surface area contributed by atoms with E-state index in [0.29, 0.717) is 11.1 Å². The van der Waals surface area contributed by atoms with Crippen molar-refractivity contribution in [3.63, 3.8) is 0 Å². The van der Waals surface area contributed by atoms with Crippen LogP contribution >= 0.6 is 27.5 Å². The van der Waals surface area contributed by atoms with Crippen molar-refractivity contribution in [3.8, 4) is 0 Å². The van der Waals surface area contributed by atoms with Crippen LogP contribution in [0.2, 0.25) is 5.02 Å². The van der Waals surface area contributed by atoms with Crippen LogP contribution in [0.1, 0.15) is 19.8 Å². The lowest BCUT2D eigenvalue weighted by Crippen LogP contribution is -2.52. The fourth-order valence-corrected chi connectivity index (χ4v) is 3.47. The molecule has 0 saturated carbocycles. The molecule has 2 heterocycles. The average molecular weight is 362 g/mol. The van der Waals surface area contributed by atoms with Crippen LogP contribution in [0, 0.1) is 0 Å². The number of aromatic nitrogens is 1. The Bertz CT molecular complexity index is 435. The Morgan fingerprint density at radius 2 is 2.10 bits per heavy atom. The van der Waals surface area contributed by atoms with Gasteiger partial charge < -0.3 is 10.6 Å². The van der Waals surface area contributed by atoms with Crippen LogP contribution < -0.4 is 10.6 Å². The maximum atomic E-state index is 6.27. The van der Waals surface area contributed by atoms with Gasteiger partial charge in [0.25, 0.3) is 0 Å². The molecule has 1 unspecified atom stereocenters. The molecular formula is C14H22BrClN4. The van der Waals surface area contributed by atoms with E-state index in [-0.39, 0.29) is 0 Å². The molecule has 1 fully saturated rings. The summed E-state index contributed by atoms with van der Waals surface area (Å²) in [6.45, 7) is 6.91. The minimum atomic E-state index is 0.510. The molecule has 20 heavy (non-hydrogen) atoms. The zero-order chi connectivity index (χ0) is 14.5. The second-order valence-corrected chi connectivity index (χ2v) is 6.48. The summed E-state index contributed by atoms with van der Waals surface area (Å²) in [5.41, 5.74) is 5.88. The Morgan fingerprint density at radius 3 is 2.65 bits per heavy atom. The highest BCUT2D eigenvalue weighted by Crippen LogP contribution is 2.27. The van der Waals surface area contributed by atoms with Gasteiger partial charge >= 0.3 is 0 Å². The fraction of sp³-hybridized carbons (Fsp3) is 0.643. The molecule has 6 heteroatoms. The van der Waals surface area contributed by atoms with Gasteiger partial charge in [-0.15, -0.1) is 0 Å². The lowest BCUT2D eigenvalue weighted by Gasteiger charge is -2.39. The van der Waals surface area contributed by atoms with Gasteiger partial charge in [0.05, 0.1) is 5.02 Å². The average Bonchev–Trinajstić information content (AvgIpc) is 2.45. The quantitative estimate of drug-likeness (QED) is 0.876.